The molecule has 0 saturated carbocycles. The minimum absolute atomic E-state index is 0.131. The summed E-state index contributed by atoms with van der Waals surface area (Å²) in [7, 11) is 5.91. The number of nitrogens with zero attached hydrogens (tertiary/aromatic N) is 1. The molecule has 0 radical (unpaired) electrons. The molecule has 0 spiro atoms. The van der Waals surface area contributed by atoms with Crippen LogP contribution in [0.15, 0.2) is 0 Å². The lowest BCUT2D eigenvalue weighted by atomic mass is 9.98. The third kappa shape index (κ3) is 18.3. The number of esters is 1. The van der Waals surface area contributed by atoms with Gasteiger partial charge in [0.2, 0.25) is 0 Å². The molecule has 0 aliphatic carbocycles. The predicted molar refractivity (Wildman–Crippen MR) is 115 cm³/mol. The van der Waals surface area contributed by atoms with Gasteiger partial charge in [-0.15, -0.1) is 0 Å². The van der Waals surface area contributed by atoms with Crippen molar-refractivity contribution in [3.05, 3.63) is 0 Å². The Morgan fingerprint density at radius 2 is 1.36 bits per heavy atom. The highest BCUT2D eigenvalue weighted by atomic mass is 16.5. The molecule has 5 heteroatoms. The smallest absolute Gasteiger partial charge is 0.307 e. The average molecular weight is 401 g/mol. The SMILES string of the molecule is CCCCCCCCCCCCC(C)CC(=O)OC(CC(=O)O)C[N+](C)(C)C. The zero-order chi connectivity index (χ0) is 21.4. The van der Waals surface area contributed by atoms with Crippen LogP contribution in [0.2, 0.25) is 0 Å². The van der Waals surface area contributed by atoms with Gasteiger partial charge in [0, 0.05) is 6.42 Å². The third-order valence-corrected chi connectivity index (χ3v) is 5.02. The molecule has 0 bridgehead atoms. The lowest BCUT2D eigenvalue weighted by molar-refractivity contribution is -0.873. The van der Waals surface area contributed by atoms with Crippen molar-refractivity contribution in [3.8, 4) is 0 Å². The molecule has 0 aliphatic heterocycles. The van der Waals surface area contributed by atoms with Gasteiger partial charge in [0.05, 0.1) is 27.6 Å². The molecule has 28 heavy (non-hydrogen) atoms. The Morgan fingerprint density at radius 1 is 0.857 bits per heavy atom. The zero-order valence-corrected chi connectivity index (χ0v) is 19.2. The summed E-state index contributed by atoms with van der Waals surface area (Å²) < 4.78 is 6.04. The van der Waals surface area contributed by atoms with Crippen LogP contribution in [0.25, 0.3) is 0 Å². The minimum atomic E-state index is -0.926. The van der Waals surface area contributed by atoms with E-state index >= 15 is 0 Å². The first-order valence-electron chi connectivity index (χ1n) is 11.4. The molecule has 0 aliphatic rings. The van der Waals surface area contributed by atoms with E-state index in [9.17, 15) is 9.59 Å². The molecule has 2 unspecified atom stereocenters. The van der Waals surface area contributed by atoms with Crippen molar-refractivity contribution in [2.75, 3.05) is 27.7 Å². The largest absolute Gasteiger partial charge is 0.481 e. The van der Waals surface area contributed by atoms with Crippen LogP contribution in [0.4, 0.5) is 0 Å². The lowest BCUT2D eigenvalue weighted by Gasteiger charge is -2.28. The number of hydrogen-bond donors (Lipinski definition) is 1. The number of carbonyl (C=O) groups excluding carboxylic acids is 1. The summed E-state index contributed by atoms with van der Waals surface area (Å²) in [5.74, 6) is -0.903. The number of quaternary nitrogens is 1. The molecule has 0 fully saturated rings. The molecule has 0 aromatic carbocycles. The van der Waals surface area contributed by atoms with E-state index in [-0.39, 0.29) is 18.3 Å². The topological polar surface area (TPSA) is 63.6 Å². The molecule has 166 valence electrons. The third-order valence-electron chi connectivity index (χ3n) is 5.02. The Morgan fingerprint density at radius 3 is 1.82 bits per heavy atom. The van der Waals surface area contributed by atoms with E-state index in [0.29, 0.717) is 17.4 Å². The van der Waals surface area contributed by atoms with Crippen molar-refractivity contribution >= 4 is 11.9 Å². The van der Waals surface area contributed by atoms with Crippen LogP contribution in [-0.4, -0.2) is 55.3 Å². The van der Waals surface area contributed by atoms with Crippen LogP contribution in [0.1, 0.15) is 97.3 Å². The average Bonchev–Trinajstić information content (AvgIpc) is 2.54. The molecular weight excluding hydrogens is 354 g/mol. The number of hydrogen-bond acceptors (Lipinski definition) is 3. The summed E-state index contributed by atoms with van der Waals surface area (Å²) in [5, 5.41) is 9.04. The normalized spacial score (nSPS) is 13.9. The molecule has 0 rings (SSSR count). The molecule has 0 aromatic heterocycles. The summed E-state index contributed by atoms with van der Waals surface area (Å²) >= 11 is 0. The molecule has 0 saturated heterocycles. The highest BCUT2D eigenvalue weighted by molar-refractivity contribution is 5.71. The van der Waals surface area contributed by atoms with Crippen molar-refractivity contribution in [2.24, 2.45) is 5.92 Å². The Hall–Kier alpha value is -1.10. The molecule has 1 N–H and O–H groups in total. The highest BCUT2D eigenvalue weighted by Gasteiger charge is 2.25. The highest BCUT2D eigenvalue weighted by Crippen LogP contribution is 2.17. The van der Waals surface area contributed by atoms with Gasteiger partial charge in [-0.05, 0) is 5.92 Å². The molecule has 0 amide bonds. The van der Waals surface area contributed by atoms with Crippen molar-refractivity contribution in [2.45, 2.75) is 103 Å². The molecule has 5 nitrogen and oxygen atoms in total. The second kappa shape index (κ2) is 15.8. The number of unbranched alkanes of at least 4 members (excludes halogenated alkanes) is 9. The second-order valence-corrected chi connectivity index (χ2v) is 9.46. The summed E-state index contributed by atoms with van der Waals surface area (Å²) in [6.07, 6.45) is 13.9. The Balaban J connectivity index is 3.87. The van der Waals surface area contributed by atoms with Crippen LogP contribution in [-0.2, 0) is 14.3 Å². The number of aliphatic carboxylic acids is 1. The van der Waals surface area contributed by atoms with Gasteiger partial charge in [-0.2, -0.15) is 0 Å². The zero-order valence-electron chi connectivity index (χ0n) is 19.2. The fraction of sp³-hybridized carbons (Fsp3) is 0.913. The maximum Gasteiger partial charge on any atom is 0.307 e. The summed E-state index contributed by atoms with van der Waals surface area (Å²) in [6, 6.07) is 0. The quantitative estimate of drug-likeness (QED) is 0.190. The molecular formula is C23H46NO4+. The number of carbonyl (C=O) groups is 2. The van der Waals surface area contributed by atoms with Crippen molar-refractivity contribution in [1.82, 2.24) is 0 Å². The standard InChI is InChI=1S/C23H45NO4/c1-6-7-8-9-10-11-12-13-14-15-16-20(2)17-23(27)28-21(18-22(25)26)19-24(3,4)5/h20-21H,6-19H2,1-5H3/p+1. The summed E-state index contributed by atoms with van der Waals surface area (Å²) in [5.41, 5.74) is 0. The minimum Gasteiger partial charge on any atom is -0.481 e. The fourth-order valence-corrected chi connectivity index (χ4v) is 3.55. The van der Waals surface area contributed by atoms with E-state index in [1.54, 1.807) is 0 Å². The van der Waals surface area contributed by atoms with E-state index in [2.05, 4.69) is 13.8 Å². The van der Waals surface area contributed by atoms with Gasteiger partial charge in [0.1, 0.15) is 6.54 Å². The van der Waals surface area contributed by atoms with Gasteiger partial charge in [-0.1, -0.05) is 84.5 Å². The number of rotatable bonds is 18. The second-order valence-electron chi connectivity index (χ2n) is 9.46. The number of carboxylic acid groups (broad SMARTS) is 1. The Labute approximate surface area is 173 Å². The Bertz CT molecular complexity index is 417. The first kappa shape index (κ1) is 26.9. The van der Waals surface area contributed by atoms with Crippen molar-refractivity contribution in [1.29, 1.82) is 0 Å². The van der Waals surface area contributed by atoms with Gasteiger partial charge in [0.25, 0.3) is 0 Å². The van der Waals surface area contributed by atoms with Crippen LogP contribution < -0.4 is 0 Å². The van der Waals surface area contributed by atoms with E-state index in [1.165, 1.54) is 57.8 Å². The number of likely N-dealkylation sites (N-methyl/N-ethyl adjacent to an activating group) is 1. The molecule has 0 aromatic rings. The van der Waals surface area contributed by atoms with E-state index in [1.807, 2.05) is 21.1 Å². The number of ether oxygens (including phenoxy) is 1. The molecule has 2 atom stereocenters. The maximum absolute atomic E-state index is 12.2. The van der Waals surface area contributed by atoms with E-state index in [4.69, 9.17) is 9.84 Å². The first-order chi connectivity index (χ1) is 13.1. The summed E-state index contributed by atoms with van der Waals surface area (Å²) in [6.45, 7) is 4.84. The monoisotopic (exact) mass is 400 g/mol. The van der Waals surface area contributed by atoms with Gasteiger partial charge in [-0.3, -0.25) is 9.59 Å². The van der Waals surface area contributed by atoms with Crippen molar-refractivity contribution in [3.63, 3.8) is 0 Å². The van der Waals surface area contributed by atoms with Crippen LogP contribution in [0, 0.1) is 5.92 Å². The fourth-order valence-electron chi connectivity index (χ4n) is 3.55. The summed E-state index contributed by atoms with van der Waals surface area (Å²) in [4.78, 5) is 23.2. The maximum atomic E-state index is 12.2. The lowest BCUT2D eigenvalue weighted by Crippen LogP contribution is -2.43. The molecule has 0 heterocycles. The predicted octanol–water partition coefficient (Wildman–Crippen LogP) is 5.42. The van der Waals surface area contributed by atoms with Crippen LogP contribution in [0.5, 0.6) is 0 Å². The van der Waals surface area contributed by atoms with Crippen molar-refractivity contribution < 1.29 is 23.9 Å². The van der Waals surface area contributed by atoms with Gasteiger partial charge >= 0.3 is 11.9 Å². The van der Waals surface area contributed by atoms with Gasteiger partial charge < -0.3 is 14.3 Å². The Kier molecular flexibility index (Phi) is 15.2. The number of carboxylic acids is 1. The van der Waals surface area contributed by atoms with Gasteiger partial charge in [0.15, 0.2) is 6.10 Å². The van der Waals surface area contributed by atoms with E-state index < -0.39 is 12.1 Å². The first-order valence-corrected chi connectivity index (χ1v) is 11.4. The van der Waals surface area contributed by atoms with Crippen LogP contribution >= 0.6 is 0 Å². The van der Waals surface area contributed by atoms with Gasteiger partial charge in [-0.25, -0.2) is 0 Å². The van der Waals surface area contributed by atoms with E-state index in [0.717, 1.165) is 12.8 Å². The van der Waals surface area contributed by atoms with Crippen LogP contribution in [0.3, 0.4) is 0 Å².